The number of amides is 1. The standard InChI is InChI=1S/C17H21N3O3S2/c1-13-11-14-5-2-3-6-15(14)20(13)9-8-18-16(21)12-19-25(22,23)17-7-4-10-24-17/h2-7,10,13,19H,8-9,11-12H2,1H3,(H,18,21). The molecule has 0 radical (unpaired) electrons. The van der Waals surface area contributed by atoms with Crippen LogP contribution >= 0.6 is 11.3 Å². The van der Waals surface area contributed by atoms with Gasteiger partial charge in [0.1, 0.15) is 4.21 Å². The number of thiophene rings is 1. The maximum Gasteiger partial charge on any atom is 0.250 e. The summed E-state index contributed by atoms with van der Waals surface area (Å²) in [6, 6.07) is 11.8. The molecule has 3 rings (SSSR count). The van der Waals surface area contributed by atoms with E-state index < -0.39 is 10.0 Å². The molecule has 0 spiro atoms. The first kappa shape index (κ1) is 17.9. The monoisotopic (exact) mass is 379 g/mol. The zero-order valence-corrected chi connectivity index (χ0v) is 15.6. The molecule has 2 aromatic rings. The summed E-state index contributed by atoms with van der Waals surface area (Å²) in [4.78, 5) is 14.2. The molecule has 1 unspecified atom stereocenters. The van der Waals surface area contributed by atoms with Crippen LogP contribution in [0.25, 0.3) is 0 Å². The number of nitrogens with zero attached hydrogens (tertiary/aromatic N) is 1. The van der Waals surface area contributed by atoms with E-state index in [0.29, 0.717) is 19.1 Å². The SMILES string of the molecule is CC1Cc2ccccc2N1CCNC(=O)CNS(=O)(=O)c1cccs1. The topological polar surface area (TPSA) is 78.5 Å². The number of rotatable bonds is 7. The van der Waals surface area contributed by atoms with Gasteiger partial charge in [0.25, 0.3) is 10.0 Å². The number of hydrogen-bond acceptors (Lipinski definition) is 5. The van der Waals surface area contributed by atoms with Gasteiger partial charge in [-0.2, -0.15) is 0 Å². The van der Waals surface area contributed by atoms with E-state index in [1.807, 2.05) is 12.1 Å². The molecule has 1 aliphatic rings. The van der Waals surface area contributed by atoms with E-state index in [-0.39, 0.29) is 16.7 Å². The van der Waals surface area contributed by atoms with Crippen molar-refractivity contribution < 1.29 is 13.2 Å². The van der Waals surface area contributed by atoms with Crippen molar-refractivity contribution in [2.24, 2.45) is 0 Å². The minimum Gasteiger partial charge on any atom is -0.367 e. The zero-order valence-electron chi connectivity index (χ0n) is 13.9. The molecule has 0 bridgehead atoms. The average molecular weight is 380 g/mol. The van der Waals surface area contributed by atoms with Crippen molar-refractivity contribution in [2.45, 2.75) is 23.6 Å². The number of anilines is 1. The van der Waals surface area contributed by atoms with Crippen LogP contribution in [0.1, 0.15) is 12.5 Å². The Kier molecular flexibility index (Phi) is 5.41. The highest BCUT2D eigenvalue weighted by molar-refractivity contribution is 7.91. The van der Waals surface area contributed by atoms with Gasteiger partial charge in [-0.25, -0.2) is 13.1 Å². The Bertz CT molecular complexity index is 835. The number of hydrogen-bond donors (Lipinski definition) is 2. The fourth-order valence-electron chi connectivity index (χ4n) is 3.00. The van der Waals surface area contributed by atoms with E-state index in [2.05, 4.69) is 34.0 Å². The summed E-state index contributed by atoms with van der Waals surface area (Å²) >= 11 is 1.12. The molecule has 0 saturated heterocycles. The number of sulfonamides is 1. The van der Waals surface area contributed by atoms with Crippen LogP contribution < -0.4 is 14.9 Å². The van der Waals surface area contributed by atoms with Gasteiger partial charge in [-0.3, -0.25) is 4.79 Å². The molecule has 6 nitrogen and oxygen atoms in total. The molecular weight excluding hydrogens is 358 g/mol. The molecule has 1 aliphatic heterocycles. The summed E-state index contributed by atoms with van der Waals surface area (Å²) in [5.41, 5.74) is 2.53. The highest BCUT2D eigenvalue weighted by atomic mass is 32.2. The van der Waals surface area contributed by atoms with Crippen molar-refractivity contribution >= 4 is 33.0 Å². The first-order chi connectivity index (χ1) is 12.0. The Morgan fingerprint density at radius 1 is 1.28 bits per heavy atom. The van der Waals surface area contributed by atoms with Crippen LogP contribution in [-0.4, -0.2) is 40.0 Å². The van der Waals surface area contributed by atoms with Gasteiger partial charge in [0.05, 0.1) is 6.54 Å². The largest absolute Gasteiger partial charge is 0.367 e. The fourth-order valence-corrected chi connectivity index (χ4v) is 5.02. The van der Waals surface area contributed by atoms with Gasteiger partial charge in [0.15, 0.2) is 0 Å². The van der Waals surface area contributed by atoms with Gasteiger partial charge in [-0.05, 0) is 36.4 Å². The summed E-state index contributed by atoms with van der Waals surface area (Å²) in [6.07, 6.45) is 1.00. The Balaban J connectivity index is 1.46. The van der Waals surface area contributed by atoms with Crippen LogP contribution in [0.5, 0.6) is 0 Å². The lowest BCUT2D eigenvalue weighted by molar-refractivity contribution is -0.119. The molecule has 25 heavy (non-hydrogen) atoms. The van der Waals surface area contributed by atoms with Crippen LogP contribution in [0.2, 0.25) is 0 Å². The first-order valence-electron chi connectivity index (χ1n) is 8.12. The molecule has 2 N–H and O–H groups in total. The smallest absolute Gasteiger partial charge is 0.250 e. The second-order valence-corrected chi connectivity index (χ2v) is 8.92. The van der Waals surface area contributed by atoms with Gasteiger partial charge in [0.2, 0.25) is 5.91 Å². The summed E-state index contributed by atoms with van der Waals surface area (Å²) in [6.45, 7) is 3.07. The molecule has 0 saturated carbocycles. The summed E-state index contributed by atoms with van der Waals surface area (Å²) in [5, 5.41) is 4.46. The molecule has 1 atom stereocenters. The molecule has 2 heterocycles. The fraction of sp³-hybridized carbons (Fsp3) is 0.353. The summed E-state index contributed by atoms with van der Waals surface area (Å²) < 4.78 is 26.5. The average Bonchev–Trinajstić information content (AvgIpc) is 3.22. The molecule has 1 aromatic carbocycles. The number of para-hydroxylation sites is 1. The van der Waals surface area contributed by atoms with E-state index in [0.717, 1.165) is 17.8 Å². The molecule has 1 aromatic heterocycles. The number of benzene rings is 1. The van der Waals surface area contributed by atoms with E-state index in [4.69, 9.17) is 0 Å². The lowest BCUT2D eigenvalue weighted by atomic mass is 10.1. The predicted octanol–water partition coefficient (Wildman–Crippen LogP) is 1.59. The zero-order chi connectivity index (χ0) is 17.9. The maximum absolute atomic E-state index is 12.0. The van der Waals surface area contributed by atoms with Crippen molar-refractivity contribution in [3.63, 3.8) is 0 Å². The number of carbonyl (C=O) groups is 1. The van der Waals surface area contributed by atoms with Crippen LogP contribution in [0.3, 0.4) is 0 Å². The van der Waals surface area contributed by atoms with Gasteiger partial charge in [-0.15, -0.1) is 11.3 Å². The van der Waals surface area contributed by atoms with Gasteiger partial charge in [-0.1, -0.05) is 24.3 Å². The summed E-state index contributed by atoms with van der Waals surface area (Å²) in [7, 11) is -3.60. The van der Waals surface area contributed by atoms with Crippen molar-refractivity contribution in [3.8, 4) is 0 Å². The minimum atomic E-state index is -3.60. The Morgan fingerprint density at radius 3 is 2.84 bits per heavy atom. The van der Waals surface area contributed by atoms with Crippen molar-refractivity contribution in [1.82, 2.24) is 10.0 Å². The van der Waals surface area contributed by atoms with E-state index in [1.165, 1.54) is 17.3 Å². The van der Waals surface area contributed by atoms with E-state index >= 15 is 0 Å². The number of nitrogens with one attached hydrogen (secondary N) is 2. The molecule has 8 heteroatoms. The van der Waals surface area contributed by atoms with E-state index in [1.54, 1.807) is 11.4 Å². The van der Waals surface area contributed by atoms with Gasteiger partial charge in [0, 0.05) is 24.8 Å². The molecule has 0 fully saturated rings. The second kappa shape index (κ2) is 7.55. The third-order valence-electron chi connectivity index (χ3n) is 4.21. The predicted molar refractivity (Wildman–Crippen MR) is 99.5 cm³/mol. The Morgan fingerprint density at radius 2 is 2.08 bits per heavy atom. The lowest BCUT2D eigenvalue weighted by Crippen LogP contribution is -2.41. The molecule has 134 valence electrons. The van der Waals surface area contributed by atoms with Crippen LogP contribution in [-0.2, 0) is 21.2 Å². The highest BCUT2D eigenvalue weighted by Gasteiger charge is 2.25. The Labute approximate surface area is 151 Å². The third kappa shape index (κ3) is 4.20. The molecule has 1 amide bonds. The van der Waals surface area contributed by atoms with Gasteiger partial charge >= 0.3 is 0 Å². The van der Waals surface area contributed by atoms with Crippen molar-refractivity contribution in [3.05, 3.63) is 47.3 Å². The quantitative estimate of drug-likeness (QED) is 0.766. The van der Waals surface area contributed by atoms with E-state index in [9.17, 15) is 13.2 Å². The Hall–Kier alpha value is -1.90. The second-order valence-electron chi connectivity index (χ2n) is 5.98. The van der Waals surface area contributed by atoms with Crippen LogP contribution in [0.15, 0.2) is 46.0 Å². The molecule has 0 aliphatic carbocycles. The number of fused-ring (bicyclic) bond motifs is 1. The minimum absolute atomic E-state index is 0.211. The maximum atomic E-state index is 12.0. The van der Waals surface area contributed by atoms with Crippen molar-refractivity contribution in [1.29, 1.82) is 0 Å². The van der Waals surface area contributed by atoms with Crippen molar-refractivity contribution in [2.75, 3.05) is 24.5 Å². The van der Waals surface area contributed by atoms with Gasteiger partial charge < -0.3 is 10.2 Å². The lowest BCUT2D eigenvalue weighted by Gasteiger charge is -2.25. The normalized spacial score (nSPS) is 16.7. The number of carbonyl (C=O) groups excluding carboxylic acids is 1. The first-order valence-corrected chi connectivity index (χ1v) is 10.5. The third-order valence-corrected chi connectivity index (χ3v) is 7.00. The van der Waals surface area contributed by atoms with Crippen LogP contribution in [0.4, 0.5) is 5.69 Å². The highest BCUT2D eigenvalue weighted by Crippen LogP contribution is 2.31. The molecular formula is C17H21N3O3S2. The van der Waals surface area contributed by atoms with Crippen LogP contribution in [0, 0.1) is 0 Å². The summed E-state index contributed by atoms with van der Waals surface area (Å²) in [5.74, 6) is -0.333.